The van der Waals surface area contributed by atoms with Gasteiger partial charge in [-0.1, -0.05) is 13.8 Å². The van der Waals surface area contributed by atoms with Gasteiger partial charge in [-0.3, -0.25) is 0 Å². The molecule has 20 heavy (non-hydrogen) atoms. The lowest BCUT2D eigenvalue weighted by atomic mass is 9.89. The van der Waals surface area contributed by atoms with E-state index in [2.05, 4.69) is 23.7 Å². The normalized spacial score (nSPS) is 20.0. The Morgan fingerprint density at radius 3 is 2.85 bits per heavy atom. The molecule has 0 aromatic carbocycles. The summed E-state index contributed by atoms with van der Waals surface area (Å²) in [5.74, 6) is 3.16. The zero-order valence-corrected chi connectivity index (χ0v) is 12.9. The van der Waals surface area contributed by atoms with Gasteiger partial charge >= 0.3 is 0 Å². The van der Waals surface area contributed by atoms with Crippen molar-refractivity contribution in [1.82, 2.24) is 4.98 Å². The third-order valence-corrected chi connectivity index (χ3v) is 4.20. The van der Waals surface area contributed by atoms with Gasteiger partial charge in [0.05, 0.1) is 12.3 Å². The number of anilines is 2. The number of aromatic nitrogens is 1. The minimum atomic E-state index is 0.564. The molecule has 0 saturated carbocycles. The second-order valence-electron chi connectivity index (χ2n) is 5.92. The van der Waals surface area contributed by atoms with Crippen LogP contribution in [-0.2, 0) is 0 Å². The first-order valence-electron chi connectivity index (χ1n) is 7.76. The Morgan fingerprint density at radius 1 is 1.35 bits per heavy atom. The average Bonchev–Trinajstić information content (AvgIpc) is 2.67. The van der Waals surface area contributed by atoms with Crippen LogP contribution in [0.4, 0.5) is 11.5 Å². The molecule has 0 aliphatic carbocycles. The number of rotatable bonds is 4. The standard InChI is InChI=1S/C16H27N3O/c1-4-20-16-14(17)7-8-15(18-16)19-10-5-6-13(9-11-19)12(2)3/h7-8,12-13H,4-6,9-11,17H2,1-3H3. The predicted molar refractivity (Wildman–Crippen MR) is 84.2 cm³/mol. The average molecular weight is 277 g/mol. The molecule has 2 rings (SSSR count). The zero-order chi connectivity index (χ0) is 14.5. The molecule has 1 atom stereocenters. The number of hydrogen-bond acceptors (Lipinski definition) is 4. The Hall–Kier alpha value is -1.45. The second-order valence-corrected chi connectivity index (χ2v) is 5.92. The van der Waals surface area contributed by atoms with Crippen molar-refractivity contribution in [2.24, 2.45) is 11.8 Å². The van der Waals surface area contributed by atoms with Crippen molar-refractivity contribution in [1.29, 1.82) is 0 Å². The lowest BCUT2D eigenvalue weighted by Gasteiger charge is -2.23. The molecule has 0 radical (unpaired) electrons. The van der Waals surface area contributed by atoms with Gasteiger partial charge in [-0.2, -0.15) is 4.98 Å². The van der Waals surface area contributed by atoms with Crippen LogP contribution in [0.5, 0.6) is 5.88 Å². The fourth-order valence-corrected chi connectivity index (χ4v) is 2.89. The summed E-state index contributed by atoms with van der Waals surface area (Å²) in [4.78, 5) is 6.94. The Labute approximate surface area is 122 Å². The van der Waals surface area contributed by atoms with Crippen molar-refractivity contribution in [2.45, 2.75) is 40.0 Å². The predicted octanol–water partition coefficient (Wildman–Crippen LogP) is 3.33. The summed E-state index contributed by atoms with van der Waals surface area (Å²) in [5.41, 5.74) is 6.51. The van der Waals surface area contributed by atoms with E-state index in [0.29, 0.717) is 18.2 Å². The van der Waals surface area contributed by atoms with Crippen LogP contribution in [0.1, 0.15) is 40.0 Å². The molecule has 112 valence electrons. The van der Waals surface area contributed by atoms with Crippen molar-refractivity contribution >= 4 is 11.5 Å². The monoisotopic (exact) mass is 277 g/mol. The molecule has 1 saturated heterocycles. The number of nitrogens with two attached hydrogens (primary N) is 1. The van der Waals surface area contributed by atoms with E-state index >= 15 is 0 Å². The van der Waals surface area contributed by atoms with E-state index in [1.807, 2.05) is 19.1 Å². The number of ether oxygens (including phenoxy) is 1. The maximum Gasteiger partial charge on any atom is 0.239 e. The summed E-state index contributed by atoms with van der Waals surface area (Å²) in [7, 11) is 0. The fraction of sp³-hybridized carbons (Fsp3) is 0.688. The van der Waals surface area contributed by atoms with Crippen molar-refractivity contribution in [3.05, 3.63) is 12.1 Å². The minimum Gasteiger partial charge on any atom is -0.476 e. The molecule has 4 nitrogen and oxygen atoms in total. The van der Waals surface area contributed by atoms with Crippen LogP contribution in [0.3, 0.4) is 0 Å². The van der Waals surface area contributed by atoms with Crippen LogP contribution >= 0.6 is 0 Å². The summed E-state index contributed by atoms with van der Waals surface area (Å²) in [6.45, 7) is 9.35. The highest BCUT2D eigenvalue weighted by Crippen LogP contribution is 2.28. The molecule has 1 aromatic rings. The van der Waals surface area contributed by atoms with Gasteiger partial charge in [0, 0.05) is 13.1 Å². The third kappa shape index (κ3) is 3.56. The Kier molecular flexibility index (Phi) is 5.10. The topological polar surface area (TPSA) is 51.4 Å². The Balaban J connectivity index is 2.09. The quantitative estimate of drug-likeness (QED) is 0.917. The molecule has 0 spiro atoms. The highest BCUT2D eigenvalue weighted by molar-refractivity contribution is 5.54. The van der Waals surface area contributed by atoms with Crippen LogP contribution in [0, 0.1) is 11.8 Å². The summed E-state index contributed by atoms with van der Waals surface area (Å²) in [6.07, 6.45) is 3.80. The zero-order valence-electron chi connectivity index (χ0n) is 12.9. The third-order valence-electron chi connectivity index (χ3n) is 4.20. The summed E-state index contributed by atoms with van der Waals surface area (Å²) >= 11 is 0. The van der Waals surface area contributed by atoms with Crippen molar-refractivity contribution in [3.8, 4) is 5.88 Å². The first-order valence-corrected chi connectivity index (χ1v) is 7.76. The SMILES string of the molecule is CCOc1nc(N2CCCC(C(C)C)CC2)ccc1N. The molecule has 2 N–H and O–H groups in total. The number of pyridine rings is 1. The first-order chi connectivity index (χ1) is 9.61. The second kappa shape index (κ2) is 6.82. The van der Waals surface area contributed by atoms with Crippen molar-refractivity contribution < 1.29 is 4.74 Å². The Morgan fingerprint density at radius 2 is 2.15 bits per heavy atom. The highest BCUT2D eigenvalue weighted by Gasteiger charge is 2.20. The van der Waals surface area contributed by atoms with E-state index < -0.39 is 0 Å². The molecule has 0 amide bonds. The van der Waals surface area contributed by atoms with Crippen LogP contribution < -0.4 is 15.4 Å². The molecule has 1 unspecified atom stereocenters. The molecule has 1 aliphatic heterocycles. The van der Waals surface area contributed by atoms with Gasteiger partial charge in [-0.15, -0.1) is 0 Å². The number of hydrogen-bond donors (Lipinski definition) is 1. The van der Waals surface area contributed by atoms with Gasteiger partial charge in [0.25, 0.3) is 0 Å². The van der Waals surface area contributed by atoms with Crippen LogP contribution in [0.25, 0.3) is 0 Å². The number of nitrogens with zero attached hydrogens (tertiary/aromatic N) is 2. The van der Waals surface area contributed by atoms with Crippen LogP contribution in [0.2, 0.25) is 0 Å². The van der Waals surface area contributed by atoms with Crippen molar-refractivity contribution in [2.75, 3.05) is 30.3 Å². The van der Waals surface area contributed by atoms with Gasteiger partial charge in [0.2, 0.25) is 5.88 Å². The molecule has 0 bridgehead atoms. The molecule has 1 aliphatic rings. The molecule has 1 fully saturated rings. The van der Waals surface area contributed by atoms with E-state index in [9.17, 15) is 0 Å². The fourth-order valence-electron chi connectivity index (χ4n) is 2.89. The molecule has 4 heteroatoms. The lowest BCUT2D eigenvalue weighted by molar-refractivity contribution is 0.329. The van der Waals surface area contributed by atoms with Crippen LogP contribution in [-0.4, -0.2) is 24.7 Å². The van der Waals surface area contributed by atoms with E-state index in [0.717, 1.165) is 30.7 Å². The van der Waals surface area contributed by atoms with Gasteiger partial charge in [-0.25, -0.2) is 0 Å². The molecule has 2 heterocycles. The van der Waals surface area contributed by atoms with Gasteiger partial charge in [-0.05, 0) is 50.2 Å². The Bertz CT molecular complexity index is 434. The smallest absolute Gasteiger partial charge is 0.239 e. The minimum absolute atomic E-state index is 0.564. The summed E-state index contributed by atoms with van der Waals surface area (Å²) < 4.78 is 5.50. The molecular weight excluding hydrogens is 250 g/mol. The van der Waals surface area contributed by atoms with E-state index in [1.54, 1.807) is 0 Å². The first kappa shape index (κ1) is 14.9. The number of nitrogen functional groups attached to an aromatic ring is 1. The van der Waals surface area contributed by atoms with Gasteiger partial charge < -0.3 is 15.4 Å². The maximum atomic E-state index is 5.89. The lowest BCUT2D eigenvalue weighted by Crippen LogP contribution is -2.25. The van der Waals surface area contributed by atoms with Gasteiger partial charge in [0.15, 0.2) is 0 Å². The van der Waals surface area contributed by atoms with Gasteiger partial charge in [0.1, 0.15) is 5.82 Å². The molecule has 1 aromatic heterocycles. The maximum absolute atomic E-state index is 5.89. The highest BCUT2D eigenvalue weighted by atomic mass is 16.5. The summed E-state index contributed by atoms with van der Waals surface area (Å²) in [5, 5.41) is 0. The van der Waals surface area contributed by atoms with Crippen molar-refractivity contribution in [3.63, 3.8) is 0 Å². The summed E-state index contributed by atoms with van der Waals surface area (Å²) in [6, 6.07) is 3.91. The van der Waals surface area contributed by atoms with E-state index in [4.69, 9.17) is 10.5 Å². The van der Waals surface area contributed by atoms with E-state index in [1.165, 1.54) is 19.3 Å². The largest absolute Gasteiger partial charge is 0.476 e. The van der Waals surface area contributed by atoms with E-state index in [-0.39, 0.29) is 0 Å². The molecular formula is C16H27N3O. The van der Waals surface area contributed by atoms with Crippen LogP contribution in [0.15, 0.2) is 12.1 Å².